The molecule has 0 unspecified atom stereocenters. The van der Waals surface area contributed by atoms with Crippen molar-refractivity contribution in [2.45, 2.75) is 0 Å². The summed E-state index contributed by atoms with van der Waals surface area (Å²) in [4.78, 5) is 4.83. The molecule has 318 valence electrons. The van der Waals surface area contributed by atoms with E-state index in [4.69, 9.17) is 0 Å². The number of para-hydroxylation sites is 4. The molecule has 0 aliphatic rings. The van der Waals surface area contributed by atoms with Gasteiger partial charge in [0.05, 0.1) is 11.4 Å². The number of benzene rings is 12. The number of fused-ring (bicyclic) bond motifs is 4. The van der Waals surface area contributed by atoms with Crippen LogP contribution in [0.25, 0.3) is 54.2 Å². The maximum atomic E-state index is 3.69. The molecule has 67 heavy (non-hydrogen) atoms. The molecular formula is C64H47N3. The maximum absolute atomic E-state index is 3.69. The number of nitrogens with zero attached hydrogens (tertiary/aromatic N) is 2. The smallest absolute Gasteiger partial charge is 0.0619 e. The molecule has 3 nitrogen and oxygen atoms in total. The van der Waals surface area contributed by atoms with Crippen molar-refractivity contribution in [2.75, 3.05) is 15.1 Å². The fraction of sp³-hybridized carbons (Fsp3) is 0. The Hall–Kier alpha value is -8.92. The summed E-state index contributed by atoms with van der Waals surface area (Å²) in [7, 11) is 0. The van der Waals surface area contributed by atoms with Crippen molar-refractivity contribution >= 4 is 88.6 Å². The molecular weight excluding hydrogens is 811 g/mol. The molecule has 0 aliphatic carbocycles. The van der Waals surface area contributed by atoms with Crippen LogP contribution in [-0.2, 0) is 0 Å². The molecule has 1 N–H and O–H groups in total. The molecule has 0 aliphatic heterocycles. The van der Waals surface area contributed by atoms with E-state index in [2.05, 4.69) is 288 Å². The SMILES string of the molecule is c1ccc(Nc2ccc3c(N(c4ccccc4)c4ccccc4)c4cc(N(c5ccccc5)c5cccc6ccccc56)ccc4c(-c4ccccc4)c3c2)cc1.c1ccc2ccccc2c1. The van der Waals surface area contributed by atoms with Gasteiger partial charge in [-0.25, -0.2) is 0 Å². The molecule has 12 rings (SSSR count). The minimum absolute atomic E-state index is 1.03. The lowest BCUT2D eigenvalue weighted by molar-refractivity contribution is 1.29. The fourth-order valence-corrected chi connectivity index (χ4v) is 9.36. The lowest BCUT2D eigenvalue weighted by Crippen LogP contribution is -2.13. The highest BCUT2D eigenvalue weighted by Crippen LogP contribution is 2.50. The van der Waals surface area contributed by atoms with Crippen molar-refractivity contribution in [2.24, 2.45) is 0 Å². The minimum Gasteiger partial charge on any atom is -0.356 e. The molecule has 0 radical (unpaired) electrons. The van der Waals surface area contributed by atoms with E-state index in [0.717, 1.165) is 56.3 Å². The van der Waals surface area contributed by atoms with Crippen molar-refractivity contribution in [3.8, 4) is 11.1 Å². The van der Waals surface area contributed by atoms with Gasteiger partial charge in [-0.05, 0) is 117 Å². The summed E-state index contributed by atoms with van der Waals surface area (Å²) in [5.41, 5.74) is 11.0. The van der Waals surface area contributed by atoms with E-state index in [9.17, 15) is 0 Å². The van der Waals surface area contributed by atoms with Crippen LogP contribution in [0.15, 0.2) is 279 Å². The highest BCUT2D eigenvalue weighted by atomic mass is 15.2. The van der Waals surface area contributed by atoms with Crippen LogP contribution in [-0.4, -0.2) is 0 Å². The number of hydrogen-bond donors (Lipinski definition) is 1. The van der Waals surface area contributed by atoms with Crippen LogP contribution in [0, 0.1) is 0 Å². The average Bonchev–Trinajstić information content (AvgIpc) is 3.40. The van der Waals surface area contributed by atoms with E-state index in [1.54, 1.807) is 0 Å². The van der Waals surface area contributed by atoms with Gasteiger partial charge in [0.25, 0.3) is 0 Å². The van der Waals surface area contributed by atoms with E-state index in [0.29, 0.717) is 0 Å². The van der Waals surface area contributed by atoms with E-state index in [1.165, 1.54) is 43.4 Å². The summed E-state index contributed by atoms with van der Waals surface area (Å²) in [5, 5.41) is 13.4. The summed E-state index contributed by atoms with van der Waals surface area (Å²) in [6.07, 6.45) is 0. The molecule has 0 spiro atoms. The number of anilines is 8. The van der Waals surface area contributed by atoms with Gasteiger partial charge in [-0.2, -0.15) is 0 Å². The van der Waals surface area contributed by atoms with Crippen molar-refractivity contribution in [3.63, 3.8) is 0 Å². The molecule has 3 heteroatoms. The van der Waals surface area contributed by atoms with Gasteiger partial charge in [-0.15, -0.1) is 0 Å². The van der Waals surface area contributed by atoms with Crippen LogP contribution < -0.4 is 15.1 Å². The van der Waals surface area contributed by atoms with Crippen LogP contribution in [0.5, 0.6) is 0 Å². The van der Waals surface area contributed by atoms with Crippen LogP contribution in [0.1, 0.15) is 0 Å². The van der Waals surface area contributed by atoms with E-state index < -0.39 is 0 Å². The normalized spacial score (nSPS) is 11.0. The van der Waals surface area contributed by atoms with Crippen LogP contribution >= 0.6 is 0 Å². The number of rotatable bonds is 9. The first-order chi connectivity index (χ1) is 33.3. The van der Waals surface area contributed by atoms with E-state index >= 15 is 0 Å². The standard InChI is InChI=1S/C54H39N3.C10H8/c1-6-20-40(21-7-1)53-48-36-34-46(56(43-25-10-3-11-26-43)52-32-18-22-39-19-16-17-31-47(39)52)38-51(48)54(57(44-27-12-4-13-28-44)45-29-14-5-15-30-45)49-35-33-42(37-50(49)53)55-41-23-8-2-9-24-41;1-2-6-10-8-4-3-7-9(10)5-1/h1-38,55H;1-8H. The van der Waals surface area contributed by atoms with Gasteiger partial charge in [0.15, 0.2) is 0 Å². The van der Waals surface area contributed by atoms with Gasteiger partial charge in [0.1, 0.15) is 0 Å². The lowest BCUT2D eigenvalue weighted by atomic mass is 9.89. The Morgan fingerprint density at radius 1 is 0.254 bits per heavy atom. The topological polar surface area (TPSA) is 18.5 Å². The predicted octanol–water partition coefficient (Wildman–Crippen LogP) is 18.3. The summed E-state index contributed by atoms with van der Waals surface area (Å²) in [6.45, 7) is 0. The summed E-state index contributed by atoms with van der Waals surface area (Å²) >= 11 is 0. The Balaban J connectivity index is 0.000000436. The van der Waals surface area contributed by atoms with Gasteiger partial charge >= 0.3 is 0 Å². The molecule has 0 saturated heterocycles. The number of hydrogen-bond acceptors (Lipinski definition) is 3. The van der Waals surface area contributed by atoms with Crippen LogP contribution in [0.4, 0.5) is 45.5 Å². The highest BCUT2D eigenvalue weighted by Gasteiger charge is 2.24. The molecule has 0 heterocycles. The molecule has 12 aromatic rings. The Morgan fingerprint density at radius 2 is 0.731 bits per heavy atom. The third kappa shape index (κ3) is 8.34. The summed E-state index contributed by atoms with van der Waals surface area (Å²) in [6, 6.07) is 99.3. The third-order valence-electron chi connectivity index (χ3n) is 12.4. The van der Waals surface area contributed by atoms with Gasteiger partial charge in [0.2, 0.25) is 0 Å². The molecule has 0 atom stereocenters. The van der Waals surface area contributed by atoms with Crippen LogP contribution in [0.2, 0.25) is 0 Å². The minimum atomic E-state index is 1.03. The molecule has 0 aromatic heterocycles. The Bertz CT molecular complexity index is 3490. The molecule has 0 amide bonds. The second-order valence-electron chi connectivity index (χ2n) is 16.6. The predicted molar refractivity (Wildman–Crippen MR) is 287 cm³/mol. The van der Waals surface area contributed by atoms with Crippen molar-refractivity contribution < 1.29 is 0 Å². The van der Waals surface area contributed by atoms with Crippen molar-refractivity contribution in [3.05, 3.63) is 279 Å². The summed E-state index contributed by atoms with van der Waals surface area (Å²) < 4.78 is 0. The third-order valence-corrected chi connectivity index (χ3v) is 12.4. The zero-order chi connectivity index (χ0) is 44.8. The van der Waals surface area contributed by atoms with Crippen molar-refractivity contribution in [1.29, 1.82) is 0 Å². The molecule has 0 saturated carbocycles. The second kappa shape index (κ2) is 18.7. The highest BCUT2D eigenvalue weighted by molar-refractivity contribution is 6.23. The molecule has 0 bridgehead atoms. The zero-order valence-corrected chi connectivity index (χ0v) is 37.0. The first-order valence-electron chi connectivity index (χ1n) is 22.8. The zero-order valence-electron chi connectivity index (χ0n) is 37.0. The molecule has 0 fully saturated rings. The monoisotopic (exact) mass is 857 g/mol. The first-order valence-corrected chi connectivity index (χ1v) is 22.8. The maximum Gasteiger partial charge on any atom is 0.0619 e. The first kappa shape index (κ1) is 40.8. The quantitative estimate of drug-likeness (QED) is 0.146. The largest absolute Gasteiger partial charge is 0.356 e. The fourth-order valence-electron chi connectivity index (χ4n) is 9.36. The lowest BCUT2D eigenvalue weighted by Gasteiger charge is -2.31. The van der Waals surface area contributed by atoms with Gasteiger partial charge in [-0.1, -0.05) is 200 Å². The number of nitrogens with one attached hydrogen (secondary N) is 1. The Labute approximate surface area is 392 Å². The van der Waals surface area contributed by atoms with Gasteiger partial charge < -0.3 is 15.1 Å². The second-order valence-corrected chi connectivity index (χ2v) is 16.6. The van der Waals surface area contributed by atoms with Crippen LogP contribution in [0.3, 0.4) is 0 Å². The van der Waals surface area contributed by atoms with Gasteiger partial charge in [-0.3, -0.25) is 0 Å². The molecule has 12 aromatic carbocycles. The van der Waals surface area contributed by atoms with E-state index in [1.807, 2.05) is 6.07 Å². The van der Waals surface area contributed by atoms with E-state index in [-0.39, 0.29) is 0 Å². The average molecular weight is 858 g/mol. The van der Waals surface area contributed by atoms with Gasteiger partial charge in [0, 0.05) is 50.3 Å². The Morgan fingerprint density at radius 3 is 1.33 bits per heavy atom. The van der Waals surface area contributed by atoms with Crippen molar-refractivity contribution in [1.82, 2.24) is 0 Å². The Kier molecular flexibility index (Phi) is 11.4. The summed E-state index contributed by atoms with van der Waals surface area (Å²) in [5.74, 6) is 0.